The Morgan fingerprint density at radius 2 is 1.79 bits per heavy atom. The number of amides is 2. The number of fused-ring (bicyclic) bond motifs is 1. The Hall–Kier alpha value is -4.17. The summed E-state index contributed by atoms with van der Waals surface area (Å²) in [6.07, 6.45) is 1.58. The Morgan fingerprint density at radius 1 is 1.03 bits per heavy atom. The normalized spacial score (nSPS) is 16.7. The second kappa shape index (κ2) is 10.3. The molecule has 0 fully saturated rings. The van der Waals surface area contributed by atoms with E-state index in [2.05, 4.69) is 5.32 Å². The van der Waals surface area contributed by atoms with Crippen molar-refractivity contribution in [3.63, 3.8) is 0 Å². The van der Waals surface area contributed by atoms with Gasteiger partial charge in [0.25, 0.3) is 5.91 Å². The van der Waals surface area contributed by atoms with E-state index in [-0.39, 0.29) is 24.9 Å². The molecule has 38 heavy (non-hydrogen) atoms. The highest BCUT2D eigenvalue weighted by Crippen LogP contribution is 2.37. The van der Waals surface area contributed by atoms with Gasteiger partial charge in [0.1, 0.15) is 17.0 Å². The smallest absolute Gasteiger partial charge is 0.271 e. The lowest BCUT2D eigenvalue weighted by molar-refractivity contribution is -0.133. The van der Waals surface area contributed by atoms with Gasteiger partial charge in [-0.15, -0.1) is 0 Å². The lowest BCUT2D eigenvalue weighted by atomic mass is 9.93. The predicted octanol–water partition coefficient (Wildman–Crippen LogP) is 5.15. The number of benzene rings is 2. The van der Waals surface area contributed by atoms with E-state index in [0.29, 0.717) is 34.5 Å². The first-order valence-electron chi connectivity index (χ1n) is 12.1. The molecular weight excluding hydrogens is 506 g/mol. The van der Waals surface area contributed by atoms with Crippen LogP contribution in [0.15, 0.2) is 77.4 Å². The molecule has 2 aromatic heterocycles. The molecule has 0 unspecified atom stereocenters. The predicted molar refractivity (Wildman–Crippen MR) is 143 cm³/mol. The van der Waals surface area contributed by atoms with Gasteiger partial charge < -0.3 is 28.7 Å². The minimum Gasteiger partial charge on any atom is -0.493 e. The first kappa shape index (κ1) is 25.5. The van der Waals surface area contributed by atoms with Gasteiger partial charge in [0.2, 0.25) is 5.91 Å². The molecule has 1 aliphatic rings. The number of ether oxygens (including phenoxy) is 2. The van der Waals surface area contributed by atoms with Crippen LogP contribution in [-0.4, -0.2) is 41.0 Å². The minimum atomic E-state index is -1.23. The zero-order valence-electron chi connectivity index (χ0n) is 21.4. The molecule has 196 valence electrons. The Bertz CT molecular complexity index is 1460. The summed E-state index contributed by atoms with van der Waals surface area (Å²) in [6, 6.07) is 20.0. The average molecular weight is 534 g/mol. The van der Waals surface area contributed by atoms with Crippen LogP contribution in [0.4, 0.5) is 0 Å². The zero-order chi connectivity index (χ0) is 26.9. The SMILES string of the molecule is COc1cccc(CN2C(=O)c3ccc(-c4ccco4)n3C[C@@]2(C)C(=O)NCc2ccc(Cl)cc2)c1OC. The van der Waals surface area contributed by atoms with Crippen molar-refractivity contribution in [1.82, 2.24) is 14.8 Å². The van der Waals surface area contributed by atoms with Gasteiger partial charge in [0.15, 0.2) is 11.5 Å². The molecule has 3 heterocycles. The lowest BCUT2D eigenvalue weighted by Gasteiger charge is -2.44. The molecule has 0 spiro atoms. The number of aromatic nitrogens is 1. The van der Waals surface area contributed by atoms with Crippen LogP contribution in [0.25, 0.3) is 11.5 Å². The minimum absolute atomic E-state index is 0.144. The molecule has 4 aromatic rings. The van der Waals surface area contributed by atoms with Gasteiger partial charge in [0, 0.05) is 17.1 Å². The lowest BCUT2D eigenvalue weighted by Crippen LogP contribution is -2.63. The fourth-order valence-electron chi connectivity index (χ4n) is 4.88. The van der Waals surface area contributed by atoms with Crippen LogP contribution in [0.3, 0.4) is 0 Å². The quantitative estimate of drug-likeness (QED) is 0.338. The summed E-state index contributed by atoms with van der Waals surface area (Å²) < 4.78 is 18.5. The number of methoxy groups -OCH3 is 2. The number of rotatable bonds is 8. The Kier molecular flexibility index (Phi) is 6.91. The van der Waals surface area contributed by atoms with Crippen molar-refractivity contribution >= 4 is 23.4 Å². The van der Waals surface area contributed by atoms with Gasteiger partial charge in [-0.25, -0.2) is 0 Å². The van der Waals surface area contributed by atoms with Crippen molar-refractivity contribution in [2.24, 2.45) is 0 Å². The first-order chi connectivity index (χ1) is 18.4. The van der Waals surface area contributed by atoms with Crippen molar-refractivity contribution < 1.29 is 23.5 Å². The molecule has 0 bridgehead atoms. The number of para-hydroxylation sites is 1. The summed E-state index contributed by atoms with van der Waals surface area (Å²) in [5.74, 6) is 1.13. The van der Waals surface area contributed by atoms with E-state index in [1.54, 1.807) is 62.6 Å². The van der Waals surface area contributed by atoms with Gasteiger partial charge in [-0.1, -0.05) is 35.9 Å². The van der Waals surface area contributed by atoms with E-state index in [4.69, 9.17) is 25.5 Å². The number of hydrogen-bond acceptors (Lipinski definition) is 5. The van der Waals surface area contributed by atoms with E-state index in [0.717, 1.165) is 16.8 Å². The monoisotopic (exact) mass is 533 g/mol. The van der Waals surface area contributed by atoms with E-state index in [1.807, 2.05) is 41.0 Å². The highest BCUT2D eigenvalue weighted by atomic mass is 35.5. The van der Waals surface area contributed by atoms with Crippen molar-refractivity contribution in [2.45, 2.75) is 32.1 Å². The highest BCUT2D eigenvalue weighted by Gasteiger charge is 2.48. The number of hydrogen-bond donors (Lipinski definition) is 1. The number of carbonyl (C=O) groups excluding carboxylic acids is 2. The summed E-state index contributed by atoms with van der Waals surface area (Å²) in [5.41, 5.74) is 1.59. The van der Waals surface area contributed by atoms with E-state index >= 15 is 0 Å². The van der Waals surface area contributed by atoms with Crippen molar-refractivity contribution in [1.29, 1.82) is 0 Å². The van der Waals surface area contributed by atoms with Gasteiger partial charge >= 0.3 is 0 Å². The van der Waals surface area contributed by atoms with Gasteiger partial charge in [0.05, 0.1) is 39.3 Å². The molecule has 2 aromatic carbocycles. The van der Waals surface area contributed by atoms with E-state index in [9.17, 15) is 9.59 Å². The third kappa shape index (κ3) is 4.52. The fourth-order valence-corrected chi connectivity index (χ4v) is 5.01. The van der Waals surface area contributed by atoms with Crippen LogP contribution in [0.5, 0.6) is 11.5 Å². The molecule has 0 saturated heterocycles. The third-order valence-corrected chi connectivity index (χ3v) is 7.20. The molecule has 5 rings (SSSR count). The highest BCUT2D eigenvalue weighted by molar-refractivity contribution is 6.30. The van der Waals surface area contributed by atoms with Gasteiger partial charge in [-0.05, 0) is 55.0 Å². The maximum atomic E-state index is 14.0. The summed E-state index contributed by atoms with van der Waals surface area (Å²) in [7, 11) is 3.11. The Labute approximate surface area is 225 Å². The summed E-state index contributed by atoms with van der Waals surface area (Å²) in [4.78, 5) is 29.5. The summed E-state index contributed by atoms with van der Waals surface area (Å²) in [5, 5.41) is 3.64. The Balaban J connectivity index is 1.54. The topological polar surface area (TPSA) is 85.9 Å². The molecule has 0 saturated carbocycles. The molecule has 1 atom stereocenters. The second-order valence-corrected chi connectivity index (χ2v) is 9.73. The van der Waals surface area contributed by atoms with Gasteiger partial charge in [-0.2, -0.15) is 0 Å². The third-order valence-electron chi connectivity index (χ3n) is 6.95. The van der Waals surface area contributed by atoms with E-state index < -0.39 is 5.54 Å². The molecule has 9 heteroatoms. The van der Waals surface area contributed by atoms with Crippen LogP contribution in [0.1, 0.15) is 28.5 Å². The average Bonchev–Trinajstić information content (AvgIpc) is 3.60. The molecule has 0 radical (unpaired) electrons. The fraction of sp³-hybridized carbons (Fsp3) is 0.241. The summed E-state index contributed by atoms with van der Waals surface area (Å²) >= 11 is 6.01. The number of carbonyl (C=O) groups is 2. The zero-order valence-corrected chi connectivity index (χ0v) is 22.1. The van der Waals surface area contributed by atoms with Crippen LogP contribution < -0.4 is 14.8 Å². The summed E-state index contributed by atoms with van der Waals surface area (Å²) in [6.45, 7) is 2.45. The number of nitrogens with zero attached hydrogens (tertiary/aromatic N) is 2. The Morgan fingerprint density at radius 3 is 2.47 bits per heavy atom. The van der Waals surface area contributed by atoms with Crippen LogP contribution in [-0.2, 0) is 24.4 Å². The maximum absolute atomic E-state index is 14.0. The number of furan rings is 1. The van der Waals surface area contributed by atoms with Crippen molar-refractivity contribution in [3.05, 3.63) is 94.8 Å². The maximum Gasteiger partial charge on any atom is 0.271 e. The van der Waals surface area contributed by atoms with Crippen LogP contribution in [0.2, 0.25) is 5.02 Å². The van der Waals surface area contributed by atoms with Crippen molar-refractivity contribution in [3.8, 4) is 23.0 Å². The molecular formula is C29H28ClN3O5. The standard InChI is InChI=1S/C29H28ClN3O5/c1-29(28(35)31-16-19-9-11-21(30)12-10-19)18-32-22(24-8-5-15-38-24)13-14-23(32)27(34)33(29)17-20-6-4-7-25(36-2)26(20)37-3/h4-15H,16-18H2,1-3H3,(H,31,35)/t29-/m0/s1. The molecule has 8 nitrogen and oxygen atoms in total. The molecule has 2 amide bonds. The second-order valence-electron chi connectivity index (χ2n) is 9.29. The number of halogens is 1. The van der Waals surface area contributed by atoms with E-state index in [1.165, 1.54) is 0 Å². The number of nitrogens with one attached hydrogen (secondary N) is 1. The van der Waals surface area contributed by atoms with Gasteiger partial charge in [-0.3, -0.25) is 9.59 Å². The largest absolute Gasteiger partial charge is 0.493 e. The van der Waals surface area contributed by atoms with Crippen LogP contribution in [0, 0.1) is 0 Å². The van der Waals surface area contributed by atoms with Crippen LogP contribution >= 0.6 is 11.6 Å². The molecule has 1 N–H and O–H groups in total. The molecule has 0 aliphatic carbocycles. The molecule has 1 aliphatic heterocycles. The first-order valence-corrected chi connectivity index (χ1v) is 12.5. The van der Waals surface area contributed by atoms with Crippen molar-refractivity contribution in [2.75, 3.05) is 14.2 Å².